The van der Waals surface area contributed by atoms with Crippen molar-refractivity contribution in [1.29, 1.82) is 0 Å². The molecule has 7 nitrogen and oxygen atoms in total. The Hall–Kier alpha value is -2.54. The van der Waals surface area contributed by atoms with Crippen LogP contribution in [0.25, 0.3) is 5.57 Å². The molecule has 0 spiro atoms. The molecule has 0 radical (unpaired) electrons. The zero-order chi connectivity index (χ0) is 24.5. The van der Waals surface area contributed by atoms with E-state index in [1.54, 1.807) is 19.4 Å². The van der Waals surface area contributed by atoms with Crippen LogP contribution in [0.2, 0.25) is 0 Å². The van der Waals surface area contributed by atoms with Crippen LogP contribution in [0.4, 0.5) is 0 Å². The number of ether oxygens (including phenoxy) is 1. The SMILES string of the molecule is C=CN(CC)CCC.CCC=NCc1nc2c(c(=O)[nH]1)C(CC)=CC(=O)C2.COC(C)C. The van der Waals surface area contributed by atoms with E-state index in [0.717, 1.165) is 25.1 Å². The van der Waals surface area contributed by atoms with Crippen molar-refractivity contribution in [1.82, 2.24) is 14.9 Å². The monoisotopic (exact) mass is 446 g/mol. The molecule has 2 rings (SSSR count). The number of hydrogen-bond acceptors (Lipinski definition) is 6. The molecule has 1 aliphatic carbocycles. The number of fused-ring (bicyclic) bond motifs is 1. The van der Waals surface area contributed by atoms with Crippen LogP contribution < -0.4 is 5.56 Å². The molecule has 180 valence electrons. The Morgan fingerprint density at radius 1 is 1.28 bits per heavy atom. The zero-order valence-corrected chi connectivity index (χ0v) is 21.0. The van der Waals surface area contributed by atoms with Gasteiger partial charge in [0.2, 0.25) is 0 Å². The number of aliphatic imine (C=N–C) groups is 1. The highest BCUT2D eigenvalue weighted by atomic mass is 16.5. The maximum Gasteiger partial charge on any atom is 0.258 e. The molecule has 1 aromatic heterocycles. The fraction of sp³-hybridized carbons (Fsp3) is 0.600. The second-order valence-electron chi connectivity index (χ2n) is 7.53. The molecule has 7 heteroatoms. The summed E-state index contributed by atoms with van der Waals surface area (Å²) in [5, 5.41) is 0. The Bertz CT molecular complexity index is 810. The van der Waals surface area contributed by atoms with Gasteiger partial charge in [-0.2, -0.15) is 0 Å². The van der Waals surface area contributed by atoms with Crippen molar-refractivity contribution in [2.24, 2.45) is 4.99 Å². The number of aromatic nitrogens is 2. The molecule has 1 heterocycles. The number of allylic oxidation sites excluding steroid dienone is 2. The van der Waals surface area contributed by atoms with E-state index in [0.29, 0.717) is 36.2 Å². The first-order chi connectivity index (χ1) is 15.3. The zero-order valence-electron chi connectivity index (χ0n) is 21.0. The average molecular weight is 447 g/mol. The van der Waals surface area contributed by atoms with E-state index in [-0.39, 0.29) is 17.8 Å². The Morgan fingerprint density at radius 2 is 1.94 bits per heavy atom. The van der Waals surface area contributed by atoms with Gasteiger partial charge in [0, 0.05) is 20.2 Å². The van der Waals surface area contributed by atoms with Crippen molar-refractivity contribution in [2.45, 2.75) is 79.9 Å². The Labute approximate surface area is 193 Å². The molecule has 1 aliphatic rings. The number of rotatable bonds is 9. The molecule has 0 saturated heterocycles. The van der Waals surface area contributed by atoms with Gasteiger partial charge in [-0.15, -0.1) is 0 Å². The molecule has 0 atom stereocenters. The predicted octanol–water partition coefficient (Wildman–Crippen LogP) is 4.57. The lowest BCUT2D eigenvalue weighted by Gasteiger charge is -2.14. The number of nitrogens with one attached hydrogen (secondary N) is 1. The van der Waals surface area contributed by atoms with Gasteiger partial charge in [0.05, 0.1) is 30.3 Å². The molecule has 1 N–H and O–H groups in total. The fourth-order valence-electron chi connectivity index (χ4n) is 2.81. The minimum Gasteiger partial charge on any atom is -0.382 e. The minimum atomic E-state index is -0.174. The highest BCUT2D eigenvalue weighted by Crippen LogP contribution is 2.22. The van der Waals surface area contributed by atoms with Crippen LogP contribution in [0.3, 0.4) is 0 Å². The summed E-state index contributed by atoms with van der Waals surface area (Å²) in [4.78, 5) is 37.2. The van der Waals surface area contributed by atoms with Gasteiger partial charge in [0.15, 0.2) is 5.78 Å². The average Bonchev–Trinajstić information content (AvgIpc) is 2.77. The van der Waals surface area contributed by atoms with Crippen molar-refractivity contribution in [3.8, 4) is 0 Å². The van der Waals surface area contributed by atoms with E-state index in [1.807, 2.05) is 33.9 Å². The van der Waals surface area contributed by atoms with E-state index in [4.69, 9.17) is 4.74 Å². The summed E-state index contributed by atoms with van der Waals surface area (Å²) < 4.78 is 4.75. The van der Waals surface area contributed by atoms with Gasteiger partial charge < -0.3 is 14.6 Å². The molecule has 0 unspecified atom stereocenters. The van der Waals surface area contributed by atoms with Crippen LogP contribution in [0.15, 0.2) is 28.6 Å². The van der Waals surface area contributed by atoms with E-state index < -0.39 is 0 Å². The lowest BCUT2D eigenvalue weighted by atomic mass is 9.93. The van der Waals surface area contributed by atoms with Crippen LogP contribution >= 0.6 is 0 Å². The third kappa shape index (κ3) is 11.2. The molecule has 32 heavy (non-hydrogen) atoms. The quantitative estimate of drug-likeness (QED) is 0.561. The van der Waals surface area contributed by atoms with E-state index in [1.165, 1.54) is 6.42 Å². The molecule has 0 amide bonds. The highest BCUT2D eigenvalue weighted by Gasteiger charge is 2.21. The second-order valence-corrected chi connectivity index (χ2v) is 7.53. The number of H-pyrrole nitrogens is 1. The number of ketones is 1. The van der Waals surface area contributed by atoms with Crippen molar-refractivity contribution in [3.63, 3.8) is 0 Å². The first-order valence-electron chi connectivity index (χ1n) is 11.5. The van der Waals surface area contributed by atoms with Crippen molar-refractivity contribution in [2.75, 3.05) is 20.2 Å². The highest BCUT2D eigenvalue weighted by molar-refractivity contribution is 6.01. The van der Waals surface area contributed by atoms with Gasteiger partial charge in [0.1, 0.15) is 5.82 Å². The van der Waals surface area contributed by atoms with Crippen LogP contribution in [-0.4, -0.2) is 53.2 Å². The Morgan fingerprint density at radius 3 is 2.38 bits per heavy atom. The van der Waals surface area contributed by atoms with Crippen LogP contribution in [0.1, 0.15) is 77.9 Å². The maximum absolute atomic E-state index is 12.1. The van der Waals surface area contributed by atoms with E-state index >= 15 is 0 Å². The lowest BCUT2D eigenvalue weighted by molar-refractivity contribution is -0.114. The number of methoxy groups -OCH3 is 1. The molecular weight excluding hydrogens is 404 g/mol. The normalized spacial score (nSPS) is 12.4. The Kier molecular flexibility index (Phi) is 15.7. The second kappa shape index (κ2) is 17.1. The van der Waals surface area contributed by atoms with Crippen molar-refractivity contribution >= 4 is 17.6 Å². The summed E-state index contributed by atoms with van der Waals surface area (Å²) in [6, 6.07) is 0. The van der Waals surface area contributed by atoms with Crippen molar-refractivity contribution < 1.29 is 9.53 Å². The van der Waals surface area contributed by atoms with E-state index in [9.17, 15) is 9.59 Å². The smallest absolute Gasteiger partial charge is 0.258 e. The van der Waals surface area contributed by atoms with Crippen LogP contribution in [0, 0.1) is 0 Å². The van der Waals surface area contributed by atoms with Crippen LogP contribution in [-0.2, 0) is 22.5 Å². The summed E-state index contributed by atoms with van der Waals surface area (Å²) >= 11 is 0. The third-order valence-electron chi connectivity index (χ3n) is 4.62. The van der Waals surface area contributed by atoms with Gasteiger partial charge in [0.25, 0.3) is 5.56 Å². The predicted molar refractivity (Wildman–Crippen MR) is 134 cm³/mol. The third-order valence-corrected chi connectivity index (χ3v) is 4.62. The summed E-state index contributed by atoms with van der Waals surface area (Å²) in [7, 11) is 1.70. The van der Waals surface area contributed by atoms with Gasteiger partial charge in [-0.3, -0.25) is 14.6 Å². The van der Waals surface area contributed by atoms with Gasteiger partial charge in [-0.25, -0.2) is 4.98 Å². The van der Waals surface area contributed by atoms with Crippen LogP contribution in [0.5, 0.6) is 0 Å². The largest absolute Gasteiger partial charge is 0.382 e. The minimum absolute atomic E-state index is 0.00506. The summed E-state index contributed by atoms with van der Waals surface area (Å²) in [6.45, 7) is 18.5. The van der Waals surface area contributed by atoms with Gasteiger partial charge in [-0.1, -0.05) is 27.4 Å². The summed E-state index contributed by atoms with van der Waals surface area (Å²) in [6.07, 6.45) is 8.51. The number of carbonyl (C=O) groups is 1. The van der Waals surface area contributed by atoms with Crippen molar-refractivity contribution in [3.05, 3.63) is 46.3 Å². The Balaban J connectivity index is 0.000000613. The number of nitrogens with zero attached hydrogens (tertiary/aromatic N) is 3. The molecule has 0 saturated carbocycles. The topological polar surface area (TPSA) is 87.7 Å². The standard InChI is InChI=1S/C14H17N3O2.C7H15N.C4H10O/c1-3-5-15-8-12-16-11-7-10(18)6-9(4-2)13(11)14(19)17-12;1-4-7-8(5-2)6-3;1-4(2)5-3/h5-6H,3-4,7-8H2,1-2H3,(H,16,17,19);5H,2,4,6-7H2,1,3H3;4H,1-3H3. The van der Waals surface area contributed by atoms with Gasteiger partial charge in [-0.05, 0) is 64.1 Å². The van der Waals surface area contributed by atoms with E-state index in [2.05, 4.69) is 40.3 Å². The number of carbonyl (C=O) groups excluding carboxylic acids is 1. The number of hydrogen-bond donors (Lipinski definition) is 1. The molecule has 0 aromatic carbocycles. The lowest BCUT2D eigenvalue weighted by Crippen LogP contribution is -2.24. The maximum atomic E-state index is 12.1. The first kappa shape index (κ1) is 29.5. The molecule has 0 fully saturated rings. The molecular formula is C25H42N4O3. The molecule has 0 bridgehead atoms. The van der Waals surface area contributed by atoms with Gasteiger partial charge >= 0.3 is 0 Å². The number of aromatic amines is 1. The molecule has 1 aromatic rings. The fourth-order valence-corrected chi connectivity index (χ4v) is 2.81. The first-order valence-corrected chi connectivity index (χ1v) is 11.5. The summed E-state index contributed by atoms with van der Waals surface area (Å²) in [5.74, 6) is 0.518. The molecule has 0 aliphatic heterocycles. The summed E-state index contributed by atoms with van der Waals surface area (Å²) in [5.41, 5.74) is 1.73.